The Morgan fingerprint density at radius 1 is 0.949 bits per heavy atom. The van der Waals surface area contributed by atoms with Crippen LogP contribution in [0.2, 0.25) is 0 Å². The number of aryl methyl sites for hydroxylation is 1. The van der Waals surface area contributed by atoms with E-state index in [0.717, 1.165) is 31.2 Å². The second-order valence-electron chi connectivity index (χ2n) is 9.60. The number of fused-ring (bicyclic) bond motifs is 1. The molecule has 1 aliphatic rings. The molecule has 0 atom stereocenters. The molecule has 1 fully saturated rings. The highest BCUT2D eigenvalue weighted by molar-refractivity contribution is 7.90. The number of hydrogen-bond acceptors (Lipinski definition) is 7. The molecule has 0 radical (unpaired) electrons. The van der Waals surface area contributed by atoms with Crippen molar-refractivity contribution in [1.29, 1.82) is 0 Å². The van der Waals surface area contributed by atoms with Crippen LogP contribution in [0.1, 0.15) is 43.2 Å². The van der Waals surface area contributed by atoms with Crippen LogP contribution in [0.25, 0.3) is 22.4 Å². The van der Waals surface area contributed by atoms with Gasteiger partial charge in [0.15, 0.2) is 17.1 Å². The van der Waals surface area contributed by atoms with Crippen LogP contribution in [-0.4, -0.2) is 43.7 Å². The van der Waals surface area contributed by atoms with Crippen LogP contribution < -0.4 is 14.2 Å². The topological polar surface area (TPSA) is 92.5 Å². The Morgan fingerprint density at radius 2 is 1.62 bits per heavy atom. The van der Waals surface area contributed by atoms with Crippen molar-refractivity contribution in [1.82, 2.24) is 13.9 Å². The Bertz CT molecular complexity index is 1650. The molecule has 0 N–H and O–H groups in total. The van der Waals surface area contributed by atoms with Crippen molar-refractivity contribution < 1.29 is 22.6 Å². The summed E-state index contributed by atoms with van der Waals surface area (Å²) < 4.78 is 45.0. The number of nitrogens with zero attached hydrogens (tertiary/aromatic N) is 3. The monoisotopic (exact) mass is 545 g/mol. The summed E-state index contributed by atoms with van der Waals surface area (Å²) in [5.74, 6) is 8.32. The van der Waals surface area contributed by atoms with Crippen molar-refractivity contribution >= 4 is 21.2 Å². The molecule has 0 aliphatic heterocycles. The van der Waals surface area contributed by atoms with Crippen LogP contribution in [0.5, 0.6) is 17.2 Å². The van der Waals surface area contributed by atoms with Gasteiger partial charge in [0.25, 0.3) is 10.0 Å². The van der Waals surface area contributed by atoms with E-state index in [1.54, 1.807) is 63.9 Å². The van der Waals surface area contributed by atoms with Crippen LogP contribution in [0.3, 0.4) is 0 Å². The molecular formula is C30H31N3O5S. The number of aromatic nitrogens is 3. The SMILES string of the molecule is COc1cc(-c2cnc3c(n2)c(C#CC2CCCCC2)cn3S(=O)(=O)c2ccc(C)cc2)cc(OC)c1OC. The second kappa shape index (κ2) is 11.0. The van der Waals surface area contributed by atoms with Gasteiger partial charge < -0.3 is 14.2 Å². The normalized spacial score (nSPS) is 14.1. The van der Waals surface area contributed by atoms with E-state index in [1.807, 2.05) is 6.92 Å². The van der Waals surface area contributed by atoms with E-state index in [9.17, 15) is 8.42 Å². The van der Waals surface area contributed by atoms with Gasteiger partial charge in [0.2, 0.25) is 5.75 Å². The number of methoxy groups -OCH3 is 3. The molecule has 0 bridgehead atoms. The molecule has 0 unspecified atom stereocenters. The first-order chi connectivity index (χ1) is 18.8. The van der Waals surface area contributed by atoms with Crippen molar-refractivity contribution in [2.24, 2.45) is 5.92 Å². The van der Waals surface area contributed by atoms with E-state index in [0.29, 0.717) is 39.6 Å². The van der Waals surface area contributed by atoms with Gasteiger partial charge >= 0.3 is 0 Å². The maximum atomic E-state index is 13.7. The maximum Gasteiger partial charge on any atom is 0.269 e. The fourth-order valence-corrected chi connectivity index (χ4v) is 6.17. The number of hydrogen-bond donors (Lipinski definition) is 0. The van der Waals surface area contributed by atoms with Crippen molar-refractivity contribution in [3.8, 4) is 40.3 Å². The van der Waals surface area contributed by atoms with Crippen LogP contribution in [-0.2, 0) is 10.0 Å². The summed E-state index contributed by atoms with van der Waals surface area (Å²) >= 11 is 0. The maximum absolute atomic E-state index is 13.7. The van der Waals surface area contributed by atoms with Gasteiger partial charge in [-0.25, -0.2) is 22.4 Å². The Hall–Kier alpha value is -4.03. The van der Waals surface area contributed by atoms with Gasteiger partial charge in [-0.15, -0.1) is 0 Å². The lowest BCUT2D eigenvalue weighted by atomic mass is 9.90. The minimum absolute atomic E-state index is 0.173. The molecule has 0 saturated heterocycles. The molecule has 9 heteroatoms. The summed E-state index contributed by atoms with van der Waals surface area (Å²) in [5, 5.41) is 0. The van der Waals surface area contributed by atoms with Gasteiger partial charge in [-0.05, 0) is 44.0 Å². The minimum Gasteiger partial charge on any atom is -0.493 e. The van der Waals surface area contributed by atoms with E-state index in [1.165, 1.54) is 16.6 Å². The van der Waals surface area contributed by atoms with E-state index in [-0.39, 0.29) is 16.5 Å². The third-order valence-electron chi connectivity index (χ3n) is 7.02. The molecule has 1 aliphatic carbocycles. The van der Waals surface area contributed by atoms with Gasteiger partial charge in [-0.2, -0.15) is 0 Å². The van der Waals surface area contributed by atoms with E-state index < -0.39 is 10.0 Å². The molecule has 2 aromatic heterocycles. The number of ether oxygens (including phenoxy) is 3. The zero-order valence-electron chi connectivity index (χ0n) is 22.5. The molecule has 39 heavy (non-hydrogen) atoms. The van der Waals surface area contributed by atoms with Gasteiger partial charge in [-0.3, -0.25) is 0 Å². The highest BCUT2D eigenvalue weighted by Crippen LogP contribution is 2.41. The lowest BCUT2D eigenvalue weighted by molar-refractivity contribution is 0.324. The summed E-state index contributed by atoms with van der Waals surface area (Å²) in [7, 11) is 0.713. The summed E-state index contributed by atoms with van der Waals surface area (Å²) in [4.78, 5) is 9.61. The molecule has 8 nitrogen and oxygen atoms in total. The summed E-state index contributed by atoms with van der Waals surface area (Å²) in [6, 6.07) is 10.3. The first kappa shape index (κ1) is 26.6. The Morgan fingerprint density at radius 3 is 2.23 bits per heavy atom. The molecule has 2 heterocycles. The lowest BCUT2D eigenvalue weighted by Crippen LogP contribution is -2.12. The van der Waals surface area contributed by atoms with Gasteiger partial charge in [0.05, 0.1) is 43.7 Å². The molecule has 2 aromatic carbocycles. The summed E-state index contributed by atoms with van der Waals surface area (Å²) in [6.07, 6.45) is 8.74. The average Bonchev–Trinajstić information content (AvgIpc) is 3.34. The third-order valence-corrected chi connectivity index (χ3v) is 8.68. The predicted octanol–water partition coefficient (Wildman–Crippen LogP) is 5.60. The van der Waals surface area contributed by atoms with Crippen molar-refractivity contribution in [2.45, 2.75) is 43.9 Å². The van der Waals surface area contributed by atoms with Crippen molar-refractivity contribution in [3.63, 3.8) is 0 Å². The van der Waals surface area contributed by atoms with E-state index >= 15 is 0 Å². The zero-order valence-corrected chi connectivity index (χ0v) is 23.3. The van der Waals surface area contributed by atoms with Gasteiger partial charge in [0.1, 0.15) is 5.52 Å². The molecule has 4 aromatic rings. The van der Waals surface area contributed by atoms with Gasteiger partial charge in [0, 0.05) is 17.7 Å². The minimum atomic E-state index is -3.92. The van der Waals surface area contributed by atoms with Crippen LogP contribution in [0.4, 0.5) is 0 Å². The standard InChI is InChI=1S/C30H31N3O5S/c1-20-10-14-24(15-11-20)39(34,35)33-19-22(13-12-21-8-6-5-7-9-21)28-30(33)31-18-25(32-28)23-16-26(36-2)29(38-4)27(17-23)37-3/h10-11,14-19,21H,5-9H2,1-4H3. The van der Waals surface area contributed by atoms with Crippen LogP contribution in [0, 0.1) is 24.7 Å². The van der Waals surface area contributed by atoms with Crippen LogP contribution in [0.15, 0.2) is 53.7 Å². The van der Waals surface area contributed by atoms with Gasteiger partial charge in [-0.1, -0.05) is 48.8 Å². The molecule has 5 rings (SSSR count). The van der Waals surface area contributed by atoms with E-state index in [2.05, 4.69) is 16.8 Å². The quantitative estimate of drug-likeness (QED) is 0.291. The summed E-state index contributed by atoms with van der Waals surface area (Å²) in [5.41, 5.74) is 3.33. The van der Waals surface area contributed by atoms with Crippen molar-refractivity contribution in [2.75, 3.05) is 21.3 Å². The summed E-state index contributed by atoms with van der Waals surface area (Å²) in [6.45, 7) is 1.91. The van der Waals surface area contributed by atoms with Crippen LogP contribution >= 0.6 is 0 Å². The Kier molecular flexibility index (Phi) is 7.49. The second-order valence-corrected chi connectivity index (χ2v) is 11.4. The molecule has 0 amide bonds. The largest absolute Gasteiger partial charge is 0.493 e. The third kappa shape index (κ3) is 5.17. The highest BCUT2D eigenvalue weighted by Gasteiger charge is 2.24. The molecular weight excluding hydrogens is 514 g/mol. The zero-order chi connectivity index (χ0) is 27.6. The molecule has 0 spiro atoms. The smallest absolute Gasteiger partial charge is 0.269 e. The van der Waals surface area contributed by atoms with E-state index in [4.69, 9.17) is 19.2 Å². The Balaban J connectivity index is 1.68. The predicted molar refractivity (Wildman–Crippen MR) is 150 cm³/mol. The first-order valence-electron chi connectivity index (χ1n) is 12.9. The molecule has 1 saturated carbocycles. The first-order valence-corrected chi connectivity index (χ1v) is 14.3. The lowest BCUT2D eigenvalue weighted by Gasteiger charge is -2.15. The van der Waals surface area contributed by atoms with Crippen molar-refractivity contribution in [3.05, 3.63) is 59.9 Å². The Labute approximate surface area is 229 Å². The molecule has 202 valence electrons. The highest BCUT2D eigenvalue weighted by atomic mass is 32.2. The number of rotatable bonds is 6. The fraction of sp³-hybridized carbons (Fsp3) is 0.333. The fourth-order valence-electron chi connectivity index (χ4n) is 4.86. The average molecular weight is 546 g/mol. The number of benzene rings is 2.